The van der Waals surface area contributed by atoms with Gasteiger partial charge in [0.15, 0.2) is 0 Å². The Hall–Kier alpha value is -2.12. The summed E-state index contributed by atoms with van der Waals surface area (Å²) in [7, 11) is 0. The number of pyridine rings is 1. The number of hydrogen-bond acceptors (Lipinski definition) is 4. The summed E-state index contributed by atoms with van der Waals surface area (Å²) in [5.41, 5.74) is 2.56. The van der Waals surface area contributed by atoms with Crippen LogP contribution in [0.15, 0.2) is 30.3 Å². The Morgan fingerprint density at radius 1 is 1.17 bits per heavy atom. The maximum absolute atomic E-state index is 9.24. The summed E-state index contributed by atoms with van der Waals surface area (Å²) in [4.78, 5) is 9.36. The van der Waals surface area contributed by atoms with Crippen molar-refractivity contribution < 1.29 is 0 Å². The van der Waals surface area contributed by atoms with E-state index in [1.54, 1.807) is 0 Å². The van der Waals surface area contributed by atoms with Crippen molar-refractivity contribution in [1.29, 1.82) is 5.26 Å². The van der Waals surface area contributed by atoms with Gasteiger partial charge in [-0.3, -0.25) is 4.90 Å². The number of para-hydroxylation sites is 1. The zero-order valence-corrected chi connectivity index (χ0v) is 14.0. The van der Waals surface area contributed by atoms with E-state index in [2.05, 4.69) is 40.8 Å². The Kier molecular flexibility index (Phi) is 4.78. The van der Waals surface area contributed by atoms with Crippen molar-refractivity contribution in [2.24, 2.45) is 5.92 Å². The topological polar surface area (TPSA) is 43.2 Å². The lowest BCUT2D eigenvalue weighted by molar-refractivity contribution is 0.244. The third kappa shape index (κ3) is 3.62. The molecule has 23 heavy (non-hydrogen) atoms. The SMILES string of the molecule is CC(C)CCN1CCN(c2cc(C#N)nc3ccccc23)CC1. The maximum Gasteiger partial charge on any atom is 0.143 e. The van der Waals surface area contributed by atoms with E-state index < -0.39 is 0 Å². The fourth-order valence-corrected chi connectivity index (χ4v) is 3.13. The van der Waals surface area contributed by atoms with Crippen molar-refractivity contribution in [2.75, 3.05) is 37.6 Å². The molecule has 1 aliphatic rings. The first-order chi connectivity index (χ1) is 11.2. The van der Waals surface area contributed by atoms with Gasteiger partial charge in [-0.25, -0.2) is 4.98 Å². The quantitative estimate of drug-likeness (QED) is 0.869. The van der Waals surface area contributed by atoms with Crippen LogP contribution >= 0.6 is 0 Å². The van der Waals surface area contributed by atoms with E-state index in [0.717, 1.165) is 48.7 Å². The number of nitrogens with zero attached hydrogens (tertiary/aromatic N) is 4. The number of nitriles is 1. The number of fused-ring (bicyclic) bond motifs is 1. The molecule has 3 rings (SSSR count). The van der Waals surface area contributed by atoms with Crippen LogP contribution in [0.5, 0.6) is 0 Å². The fraction of sp³-hybridized carbons (Fsp3) is 0.474. The van der Waals surface area contributed by atoms with Gasteiger partial charge in [-0.05, 0) is 31.0 Å². The summed E-state index contributed by atoms with van der Waals surface area (Å²) < 4.78 is 0. The largest absolute Gasteiger partial charge is 0.368 e. The van der Waals surface area contributed by atoms with Gasteiger partial charge in [-0.2, -0.15) is 5.26 Å². The highest BCUT2D eigenvalue weighted by molar-refractivity contribution is 5.92. The van der Waals surface area contributed by atoms with Crippen LogP contribution in [0.1, 0.15) is 26.0 Å². The van der Waals surface area contributed by atoms with Gasteiger partial charge in [0.2, 0.25) is 0 Å². The van der Waals surface area contributed by atoms with E-state index in [1.165, 1.54) is 13.0 Å². The van der Waals surface area contributed by atoms with E-state index >= 15 is 0 Å². The second kappa shape index (κ2) is 6.97. The first-order valence-electron chi connectivity index (χ1n) is 8.44. The molecular formula is C19H24N4. The molecule has 2 heterocycles. The Bertz CT molecular complexity index is 709. The predicted molar refractivity (Wildman–Crippen MR) is 94.6 cm³/mol. The summed E-state index contributed by atoms with van der Waals surface area (Å²) in [6.45, 7) is 9.95. The molecule has 1 aromatic heterocycles. The standard InChI is InChI=1S/C19H24N4/c1-15(2)7-8-22-9-11-23(12-10-22)19-13-16(14-20)21-18-6-4-3-5-17(18)19/h3-6,13,15H,7-12H2,1-2H3. The van der Waals surface area contributed by atoms with Crippen LogP contribution in [0.2, 0.25) is 0 Å². The summed E-state index contributed by atoms with van der Waals surface area (Å²) in [6, 6.07) is 12.2. The van der Waals surface area contributed by atoms with Gasteiger partial charge in [0.05, 0.1) is 5.52 Å². The van der Waals surface area contributed by atoms with Gasteiger partial charge in [0, 0.05) is 37.3 Å². The zero-order chi connectivity index (χ0) is 16.2. The van der Waals surface area contributed by atoms with Gasteiger partial charge < -0.3 is 4.90 Å². The first-order valence-corrected chi connectivity index (χ1v) is 8.44. The predicted octanol–water partition coefficient (Wildman–Crippen LogP) is 3.27. The first kappa shape index (κ1) is 15.8. The van der Waals surface area contributed by atoms with Gasteiger partial charge >= 0.3 is 0 Å². The summed E-state index contributed by atoms with van der Waals surface area (Å²) in [5.74, 6) is 0.760. The second-order valence-electron chi connectivity index (χ2n) is 6.67. The number of aromatic nitrogens is 1. The van der Waals surface area contributed by atoms with Gasteiger partial charge in [0.25, 0.3) is 0 Å². The van der Waals surface area contributed by atoms with Crippen LogP contribution in [0.25, 0.3) is 10.9 Å². The normalized spacial score (nSPS) is 16.0. The van der Waals surface area contributed by atoms with Gasteiger partial charge in [-0.15, -0.1) is 0 Å². The van der Waals surface area contributed by atoms with E-state index in [1.807, 2.05) is 24.3 Å². The lowest BCUT2D eigenvalue weighted by Gasteiger charge is -2.36. The van der Waals surface area contributed by atoms with Crippen molar-refractivity contribution >= 4 is 16.6 Å². The molecule has 0 saturated carbocycles. The van der Waals surface area contributed by atoms with Crippen LogP contribution in [0, 0.1) is 17.2 Å². The smallest absolute Gasteiger partial charge is 0.143 e. The lowest BCUT2D eigenvalue weighted by Crippen LogP contribution is -2.46. The van der Waals surface area contributed by atoms with Gasteiger partial charge in [-0.1, -0.05) is 32.0 Å². The Balaban J connectivity index is 1.78. The molecular weight excluding hydrogens is 284 g/mol. The van der Waals surface area contributed by atoms with Crippen LogP contribution in [0.4, 0.5) is 5.69 Å². The number of piperazine rings is 1. The number of benzene rings is 1. The molecule has 0 aliphatic carbocycles. The molecule has 1 saturated heterocycles. The van der Waals surface area contributed by atoms with Crippen molar-refractivity contribution in [3.63, 3.8) is 0 Å². The van der Waals surface area contributed by atoms with E-state index in [9.17, 15) is 5.26 Å². The number of hydrogen-bond donors (Lipinski definition) is 0. The van der Waals surface area contributed by atoms with E-state index in [-0.39, 0.29) is 0 Å². The summed E-state index contributed by atoms with van der Waals surface area (Å²) in [6.07, 6.45) is 1.26. The minimum Gasteiger partial charge on any atom is -0.368 e. The highest BCUT2D eigenvalue weighted by Gasteiger charge is 2.19. The second-order valence-corrected chi connectivity index (χ2v) is 6.67. The number of rotatable bonds is 4. The summed E-state index contributed by atoms with van der Waals surface area (Å²) >= 11 is 0. The molecule has 0 spiro atoms. The molecule has 1 fully saturated rings. The highest BCUT2D eigenvalue weighted by Crippen LogP contribution is 2.27. The lowest BCUT2D eigenvalue weighted by atomic mass is 10.1. The van der Waals surface area contributed by atoms with Crippen LogP contribution in [-0.2, 0) is 0 Å². The minimum atomic E-state index is 0.501. The summed E-state index contributed by atoms with van der Waals surface area (Å²) in [5, 5.41) is 10.4. The average molecular weight is 308 g/mol. The molecule has 0 atom stereocenters. The van der Waals surface area contributed by atoms with Crippen molar-refractivity contribution in [1.82, 2.24) is 9.88 Å². The molecule has 2 aromatic rings. The number of anilines is 1. The molecule has 0 N–H and O–H groups in total. The average Bonchev–Trinajstić information content (AvgIpc) is 2.59. The molecule has 0 unspecified atom stereocenters. The molecule has 4 heteroatoms. The van der Waals surface area contributed by atoms with Crippen molar-refractivity contribution in [2.45, 2.75) is 20.3 Å². The van der Waals surface area contributed by atoms with Crippen molar-refractivity contribution in [3.8, 4) is 6.07 Å². The minimum absolute atomic E-state index is 0.501. The molecule has 4 nitrogen and oxygen atoms in total. The van der Waals surface area contributed by atoms with Crippen LogP contribution in [-0.4, -0.2) is 42.6 Å². The maximum atomic E-state index is 9.24. The Morgan fingerprint density at radius 3 is 2.61 bits per heavy atom. The molecule has 1 aromatic carbocycles. The van der Waals surface area contributed by atoms with Crippen molar-refractivity contribution in [3.05, 3.63) is 36.0 Å². The van der Waals surface area contributed by atoms with Gasteiger partial charge in [0.1, 0.15) is 11.8 Å². The van der Waals surface area contributed by atoms with Crippen LogP contribution < -0.4 is 4.90 Å². The fourth-order valence-electron chi connectivity index (χ4n) is 3.13. The monoisotopic (exact) mass is 308 g/mol. The molecule has 0 radical (unpaired) electrons. The zero-order valence-electron chi connectivity index (χ0n) is 14.0. The Morgan fingerprint density at radius 2 is 1.91 bits per heavy atom. The van der Waals surface area contributed by atoms with Crippen LogP contribution in [0.3, 0.4) is 0 Å². The third-order valence-corrected chi connectivity index (χ3v) is 4.54. The van der Waals surface area contributed by atoms with E-state index in [0.29, 0.717) is 5.69 Å². The highest BCUT2D eigenvalue weighted by atomic mass is 15.3. The third-order valence-electron chi connectivity index (χ3n) is 4.54. The molecule has 0 amide bonds. The Labute approximate surface area is 138 Å². The molecule has 1 aliphatic heterocycles. The molecule has 120 valence electrons. The molecule has 0 bridgehead atoms. The van der Waals surface area contributed by atoms with E-state index in [4.69, 9.17) is 0 Å².